The largest absolute Gasteiger partial charge is 0.444 e. The Morgan fingerprint density at radius 3 is 2.48 bits per heavy atom. The molecule has 0 saturated carbocycles. The summed E-state index contributed by atoms with van der Waals surface area (Å²) in [5, 5.41) is 12.4. The summed E-state index contributed by atoms with van der Waals surface area (Å²) < 4.78 is 5.29. The molecule has 0 aliphatic carbocycles. The number of nitrogens with one attached hydrogen (secondary N) is 3. The first-order chi connectivity index (χ1) is 18.9. The van der Waals surface area contributed by atoms with Gasteiger partial charge in [0, 0.05) is 30.7 Å². The summed E-state index contributed by atoms with van der Waals surface area (Å²) in [6, 6.07) is 7.93. The van der Waals surface area contributed by atoms with Gasteiger partial charge in [-0.3, -0.25) is 4.79 Å². The van der Waals surface area contributed by atoms with Gasteiger partial charge in [-0.25, -0.2) is 19.7 Å². The highest BCUT2D eigenvalue weighted by Gasteiger charge is 2.22. The number of amides is 2. The van der Waals surface area contributed by atoms with Gasteiger partial charge in [0.2, 0.25) is 11.9 Å². The van der Waals surface area contributed by atoms with Crippen molar-refractivity contribution in [1.82, 2.24) is 19.9 Å². The van der Waals surface area contributed by atoms with Crippen molar-refractivity contribution in [3.63, 3.8) is 0 Å². The van der Waals surface area contributed by atoms with E-state index in [1.165, 1.54) is 19.3 Å². The highest BCUT2D eigenvalue weighted by Crippen LogP contribution is 2.34. The zero-order valence-electron chi connectivity index (χ0n) is 22.3. The minimum Gasteiger partial charge on any atom is -0.444 e. The van der Waals surface area contributed by atoms with Gasteiger partial charge in [-0.05, 0) is 56.3 Å². The summed E-state index contributed by atoms with van der Waals surface area (Å²) in [7, 11) is 1.46. The number of anilines is 4. The van der Waals surface area contributed by atoms with Gasteiger partial charge in [0.15, 0.2) is 5.82 Å². The van der Waals surface area contributed by atoms with Crippen molar-refractivity contribution in [2.45, 2.75) is 26.4 Å². The third-order valence-corrected chi connectivity index (χ3v) is 5.60. The molecule has 0 aliphatic rings. The lowest BCUT2D eigenvalue weighted by Gasteiger charge is -2.24. The van der Waals surface area contributed by atoms with Gasteiger partial charge in [-0.1, -0.05) is 23.2 Å². The highest BCUT2D eigenvalue weighted by molar-refractivity contribution is 6.36. The number of pyridine rings is 1. The molecule has 2 heterocycles. The molecule has 212 valence electrons. The van der Waals surface area contributed by atoms with Crippen molar-refractivity contribution < 1.29 is 14.3 Å². The van der Waals surface area contributed by atoms with Crippen molar-refractivity contribution in [3.8, 4) is 11.3 Å². The molecule has 2 amide bonds. The molecule has 13 nitrogen and oxygen atoms in total. The normalized spacial score (nSPS) is 10.9. The van der Waals surface area contributed by atoms with E-state index in [2.05, 4.69) is 36.1 Å². The number of nitroso groups, excluding NO2 is 1. The first-order valence-corrected chi connectivity index (χ1v) is 12.8. The second-order valence-corrected chi connectivity index (χ2v) is 10.4. The molecule has 0 saturated heterocycles. The molecule has 0 atom stereocenters. The number of carbonyl (C=O) groups is 2. The molecule has 2 aromatic heterocycles. The Bertz CT molecular complexity index is 1400. The molecule has 3 rings (SSSR count). The van der Waals surface area contributed by atoms with Crippen LogP contribution in [0.25, 0.3) is 11.3 Å². The molecular weight excluding hydrogens is 561 g/mol. The van der Waals surface area contributed by atoms with E-state index >= 15 is 0 Å². The number of halogens is 2. The smallest absolute Gasteiger partial charge is 0.410 e. The molecule has 5 N–H and O–H groups in total. The first-order valence-electron chi connectivity index (χ1n) is 12.0. The number of aromatic nitrogens is 3. The number of rotatable bonds is 10. The van der Waals surface area contributed by atoms with Gasteiger partial charge in [0.1, 0.15) is 29.3 Å². The molecule has 0 unspecified atom stereocenters. The number of benzene rings is 1. The van der Waals surface area contributed by atoms with Crippen LogP contribution in [0.15, 0.2) is 41.7 Å². The monoisotopic (exact) mass is 589 g/mol. The Labute approximate surface area is 240 Å². The molecule has 0 bridgehead atoms. The lowest BCUT2D eigenvalue weighted by atomic mass is 10.1. The van der Waals surface area contributed by atoms with Crippen LogP contribution in [-0.2, 0) is 9.53 Å². The van der Waals surface area contributed by atoms with E-state index in [4.69, 9.17) is 33.7 Å². The molecule has 3 aromatic rings. The van der Waals surface area contributed by atoms with Crippen LogP contribution in [-0.4, -0.2) is 64.1 Å². The fourth-order valence-corrected chi connectivity index (χ4v) is 3.76. The van der Waals surface area contributed by atoms with Crippen LogP contribution in [0.3, 0.4) is 0 Å². The average Bonchev–Trinajstić information content (AvgIpc) is 2.86. The lowest BCUT2D eigenvalue weighted by Crippen LogP contribution is -2.38. The summed E-state index contributed by atoms with van der Waals surface area (Å²) in [4.78, 5) is 49.7. The number of nitrogens with two attached hydrogens (primary N) is 1. The standard InChI is InChI=1S/C25H29Cl2N9O4/c1-25(2,3)40-24(38)36(4)13-20(37)32-18-12-31-23(34-21(18)15-6-5-14(26)11-16(15)27)30-10-9-29-19-8-7-17(35-39)22(28)33-19/h5-8,11-12H,9-10,13H2,1-4H3,(H,32,37)(H3,28,29,33)(H,30,31,34). The van der Waals surface area contributed by atoms with Crippen molar-refractivity contribution in [3.05, 3.63) is 51.5 Å². The molecule has 0 fully saturated rings. The van der Waals surface area contributed by atoms with Gasteiger partial charge in [0.25, 0.3) is 0 Å². The number of hydrogen-bond donors (Lipinski definition) is 4. The number of ether oxygens (including phenoxy) is 1. The molecular formula is C25H29Cl2N9O4. The molecule has 1 aromatic carbocycles. The van der Waals surface area contributed by atoms with E-state index < -0.39 is 17.6 Å². The Morgan fingerprint density at radius 2 is 1.82 bits per heavy atom. The van der Waals surface area contributed by atoms with E-state index in [9.17, 15) is 14.5 Å². The predicted molar refractivity (Wildman–Crippen MR) is 156 cm³/mol. The van der Waals surface area contributed by atoms with Crippen molar-refractivity contribution in [2.24, 2.45) is 5.18 Å². The molecule has 0 aliphatic heterocycles. The maximum Gasteiger partial charge on any atom is 0.410 e. The number of hydrogen-bond acceptors (Lipinski definition) is 11. The van der Waals surface area contributed by atoms with Gasteiger partial charge in [-0.15, -0.1) is 4.91 Å². The van der Waals surface area contributed by atoms with Crippen LogP contribution < -0.4 is 21.7 Å². The Morgan fingerprint density at radius 1 is 1.10 bits per heavy atom. The SMILES string of the molecule is CN(CC(=O)Nc1cnc(NCCNc2ccc(N=O)c(N)n2)nc1-c1ccc(Cl)cc1Cl)C(=O)OC(C)(C)C. The number of likely N-dealkylation sites (N-methyl/N-ethyl adjacent to an activating group) is 1. The lowest BCUT2D eigenvalue weighted by molar-refractivity contribution is -0.117. The van der Waals surface area contributed by atoms with E-state index in [1.807, 2.05) is 0 Å². The van der Waals surface area contributed by atoms with Crippen LogP contribution in [0.5, 0.6) is 0 Å². The van der Waals surface area contributed by atoms with Crippen LogP contribution in [0.1, 0.15) is 20.8 Å². The fraction of sp³-hybridized carbons (Fsp3) is 0.320. The van der Waals surface area contributed by atoms with Crippen molar-refractivity contribution in [1.29, 1.82) is 0 Å². The zero-order chi connectivity index (χ0) is 29.4. The Balaban J connectivity index is 1.73. The number of carbonyl (C=O) groups excluding carboxylic acids is 2. The maximum atomic E-state index is 12.8. The van der Waals surface area contributed by atoms with Crippen molar-refractivity contribution in [2.75, 3.05) is 48.4 Å². The van der Waals surface area contributed by atoms with Gasteiger partial charge >= 0.3 is 6.09 Å². The second-order valence-electron chi connectivity index (χ2n) is 9.51. The van der Waals surface area contributed by atoms with Crippen LogP contribution >= 0.6 is 23.2 Å². The minimum atomic E-state index is -0.700. The van der Waals surface area contributed by atoms with Crippen LogP contribution in [0.2, 0.25) is 10.0 Å². The van der Waals surface area contributed by atoms with Crippen LogP contribution in [0.4, 0.5) is 33.8 Å². The van der Waals surface area contributed by atoms with E-state index in [0.29, 0.717) is 40.2 Å². The summed E-state index contributed by atoms with van der Waals surface area (Å²) in [5.41, 5.74) is 6.17. The minimum absolute atomic E-state index is 0.0238. The van der Waals surface area contributed by atoms with E-state index in [-0.39, 0.29) is 29.7 Å². The summed E-state index contributed by atoms with van der Waals surface area (Å²) in [6.45, 7) is 5.74. The Hall–Kier alpha value is -4.23. The Kier molecular flexibility index (Phi) is 10.0. The zero-order valence-corrected chi connectivity index (χ0v) is 23.8. The third kappa shape index (κ3) is 8.64. The van der Waals surface area contributed by atoms with Crippen molar-refractivity contribution >= 4 is 64.2 Å². The van der Waals surface area contributed by atoms with Gasteiger partial charge < -0.3 is 31.3 Å². The fourth-order valence-electron chi connectivity index (χ4n) is 3.26. The number of nitrogen functional groups attached to an aromatic ring is 1. The third-order valence-electron chi connectivity index (χ3n) is 5.05. The quantitative estimate of drug-likeness (QED) is 0.182. The maximum absolute atomic E-state index is 12.8. The first kappa shape index (κ1) is 30.3. The summed E-state index contributed by atoms with van der Waals surface area (Å²) in [6.07, 6.45) is 0.796. The molecule has 0 spiro atoms. The van der Waals surface area contributed by atoms with Crippen LogP contribution in [0, 0.1) is 4.91 Å². The van der Waals surface area contributed by atoms with Gasteiger partial charge in [0.05, 0.1) is 16.9 Å². The second kappa shape index (κ2) is 13.2. The topological polar surface area (TPSA) is 177 Å². The summed E-state index contributed by atoms with van der Waals surface area (Å²) >= 11 is 12.5. The molecule has 15 heteroatoms. The molecule has 0 radical (unpaired) electrons. The highest BCUT2D eigenvalue weighted by atomic mass is 35.5. The van der Waals surface area contributed by atoms with E-state index in [1.54, 1.807) is 45.0 Å². The van der Waals surface area contributed by atoms with E-state index in [0.717, 1.165) is 4.90 Å². The predicted octanol–water partition coefficient (Wildman–Crippen LogP) is 5.15. The van der Waals surface area contributed by atoms with Gasteiger partial charge in [-0.2, -0.15) is 0 Å². The number of nitrogens with zero attached hydrogens (tertiary/aromatic N) is 5. The average molecular weight is 590 g/mol. The summed E-state index contributed by atoms with van der Waals surface area (Å²) in [5.74, 6) is 0.266. The molecule has 40 heavy (non-hydrogen) atoms.